The molecule has 0 unspecified atom stereocenters. The molecule has 1 aliphatic carbocycles. The molecule has 2 aromatic carbocycles. The molecule has 2 aromatic rings. The second kappa shape index (κ2) is 4.73. The molecule has 0 spiro atoms. The number of hydrogen-bond donors (Lipinski definition) is 0. The van der Waals surface area contributed by atoms with Crippen molar-refractivity contribution in [2.24, 2.45) is 0 Å². The molecule has 2 heteroatoms. The fourth-order valence-corrected chi connectivity index (χ4v) is 2.45. The van der Waals surface area contributed by atoms with Gasteiger partial charge in [-0.05, 0) is 40.8 Å². The van der Waals surface area contributed by atoms with Gasteiger partial charge in [0.15, 0.2) is 0 Å². The molecule has 0 aliphatic heterocycles. The molecule has 19 heavy (non-hydrogen) atoms. The molecule has 1 aliphatic rings. The van der Waals surface area contributed by atoms with Crippen molar-refractivity contribution < 1.29 is 9.53 Å². The van der Waals surface area contributed by atoms with E-state index in [0.29, 0.717) is 5.56 Å². The van der Waals surface area contributed by atoms with Crippen molar-refractivity contribution in [2.45, 2.75) is 6.42 Å². The van der Waals surface area contributed by atoms with Crippen LogP contribution in [0.15, 0.2) is 48.5 Å². The van der Waals surface area contributed by atoms with Crippen molar-refractivity contribution in [1.82, 2.24) is 0 Å². The molecular formula is C17H14O2. The molecule has 0 heterocycles. The molecule has 2 nitrogen and oxygen atoms in total. The molecule has 0 radical (unpaired) electrons. The fourth-order valence-electron chi connectivity index (χ4n) is 2.45. The first-order chi connectivity index (χ1) is 9.29. The van der Waals surface area contributed by atoms with Gasteiger partial charge in [0.2, 0.25) is 0 Å². The number of rotatable bonds is 1. The minimum Gasteiger partial charge on any atom is -0.465 e. The van der Waals surface area contributed by atoms with Crippen LogP contribution in [0.2, 0.25) is 0 Å². The first-order valence-electron chi connectivity index (χ1n) is 6.27. The van der Waals surface area contributed by atoms with Crippen molar-refractivity contribution >= 4 is 12.0 Å². The van der Waals surface area contributed by atoms with Gasteiger partial charge in [0.25, 0.3) is 0 Å². The van der Waals surface area contributed by atoms with Gasteiger partial charge < -0.3 is 4.74 Å². The number of methoxy groups -OCH3 is 1. The Morgan fingerprint density at radius 1 is 1.11 bits per heavy atom. The number of esters is 1. The average Bonchev–Trinajstić information content (AvgIpc) is 2.65. The van der Waals surface area contributed by atoms with Crippen LogP contribution in [0.4, 0.5) is 0 Å². The zero-order valence-corrected chi connectivity index (χ0v) is 10.7. The van der Waals surface area contributed by atoms with E-state index in [0.717, 1.165) is 17.5 Å². The SMILES string of the molecule is COC(=O)c1ccc2c(c1)-c1ccccc1C=CC2. The highest BCUT2D eigenvalue weighted by Crippen LogP contribution is 2.32. The van der Waals surface area contributed by atoms with Crippen LogP contribution in [0, 0.1) is 0 Å². The van der Waals surface area contributed by atoms with E-state index in [2.05, 4.69) is 24.3 Å². The molecule has 0 N–H and O–H groups in total. The first kappa shape index (κ1) is 11.7. The average molecular weight is 250 g/mol. The fraction of sp³-hybridized carbons (Fsp3) is 0.118. The smallest absolute Gasteiger partial charge is 0.337 e. The van der Waals surface area contributed by atoms with Crippen molar-refractivity contribution in [1.29, 1.82) is 0 Å². The molecule has 0 atom stereocenters. The Morgan fingerprint density at radius 3 is 2.79 bits per heavy atom. The summed E-state index contributed by atoms with van der Waals surface area (Å²) in [5.41, 5.74) is 5.29. The van der Waals surface area contributed by atoms with E-state index < -0.39 is 0 Å². The van der Waals surface area contributed by atoms with Crippen molar-refractivity contribution in [3.05, 3.63) is 65.2 Å². The molecule has 0 fully saturated rings. The van der Waals surface area contributed by atoms with Crippen LogP contribution in [0.1, 0.15) is 21.5 Å². The van der Waals surface area contributed by atoms with Gasteiger partial charge in [0.1, 0.15) is 0 Å². The number of carbonyl (C=O) groups excluding carboxylic acids is 1. The summed E-state index contributed by atoms with van der Waals surface area (Å²) in [5, 5.41) is 0. The van der Waals surface area contributed by atoms with E-state index in [-0.39, 0.29) is 5.97 Å². The first-order valence-corrected chi connectivity index (χ1v) is 6.27. The van der Waals surface area contributed by atoms with Gasteiger partial charge in [0, 0.05) is 0 Å². The lowest BCUT2D eigenvalue weighted by molar-refractivity contribution is 0.0601. The topological polar surface area (TPSA) is 26.3 Å². The Labute approximate surface area is 112 Å². The van der Waals surface area contributed by atoms with Gasteiger partial charge in [-0.2, -0.15) is 0 Å². The number of fused-ring (bicyclic) bond motifs is 3. The predicted molar refractivity (Wildman–Crippen MR) is 76.0 cm³/mol. The van der Waals surface area contributed by atoms with Gasteiger partial charge in [-0.1, -0.05) is 42.5 Å². The summed E-state index contributed by atoms with van der Waals surface area (Å²) in [5.74, 6) is -0.294. The maximum Gasteiger partial charge on any atom is 0.337 e. The highest BCUT2D eigenvalue weighted by Gasteiger charge is 2.14. The molecule has 3 rings (SSSR count). The maximum absolute atomic E-state index is 11.7. The molecule has 0 saturated carbocycles. The Kier molecular flexibility index (Phi) is 2.92. The van der Waals surface area contributed by atoms with Gasteiger partial charge >= 0.3 is 5.97 Å². The van der Waals surface area contributed by atoms with Crippen LogP contribution in [-0.2, 0) is 11.2 Å². The summed E-state index contributed by atoms with van der Waals surface area (Å²) in [7, 11) is 1.41. The third kappa shape index (κ3) is 2.06. The standard InChI is InChI=1S/C17H14O2/c1-19-17(18)14-10-9-13-7-4-6-12-5-2-3-8-15(12)16(13)11-14/h2-6,8-11H,7H2,1H3. The highest BCUT2D eigenvalue weighted by molar-refractivity contribution is 5.92. The van der Waals surface area contributed by atoms with Crippen LogP contribution in [0.25, 0.3) is 17.2 Å². The number of benzene rings is 2. The van der Waals surface area contributed by atoms with Gasteiger partial charge in [0.05, 0.1) is 12.7 Å². The monoisotopic (exact) mass is 250 g/mol. The summed E-state index contributed by atoms with van der Waals surface area (Å²) < 4.78 is 4.79. The molecule has 0 amide bonds. The molecule has 94 valence electrons. The van der Waals surface area contributed by atoms with E-state index in [1.54, 1.807) is 0 Å². The lowest BCUT2D eigenvalue weighted by Gasteiger charge is -2.10. The zero-order valence-electron chi connectivity index (χ0n) is 10.7. The highest BCUT2D eigenvalue weighted by atomic mass is 16.5. The van der Waals surface area contributed by atoms with Crippen molar-refractivity contribution in [2.75, 3.05) is 7.11 Å². The van der Waals surface area contributed by atoms with Crippen molar-refractivity contribution in [3.63, 3.8) is 0 Å². The summed E-state index contributed by atoms with van der Waals surface area (Å²) >= 11 is 0. The van der Waals surface area contributed by atoms with Crippen molar-refractivity contribution in [3.8, 4) is 11.1 Å². The predicted octanol–water partition coefficient (Wildman–Crippen LogP) is 3.71. The van der Waals surface area contributed by atoms with Crippen LogP contribution in [0.5, 0.6) is 0 Å². The number of hydrogen-bond acceptors (Lipinski definition) is 2. The molecule has 0 aromatic heterocycles. The van der Waals surface area contributed by atoms with E-state index in [4.69, 9.17) is 4.74 Å². The van der Waals surface area contributed by atoms with Crippen LogP contribution in [-0.4, -0.2) is 13.1 Å². The second-order valence-electron chi connectivity index (χ2n) is 4.56. The number of carbonyl (C=O) groups is 1. The van der Waals surface area contributed by atoms with E-state index >= 15 is 0 Å². The Hall–Kier alpha value is -2.35. The number of allylic oxidation sites excluding steroid dienone is 1. The summed E-state index contributed by atoms with van der Waals surface area (Å²) in [6, 6.07) is 14.0. The Morgan fingerprint density at radius 2 is 1.95 bits per heavy atom. The lowest BCUT2D eigenvalue weighted by Crippen LogP contribution is -2.02. The molecule has 0 bridgehead atoms. The normalized spacial score (nSPS) is 12.3. The third-order valence-corrected chi connectivity index (χ3v) is 3.42. The Bertz CT molecular complexity index is 669. The van der Waals surface area contributed by atoms with Crippen LogP contribution < -0.4 is 0 Å². The minimum atomic E-state index is -0.294. The van der Waals surface area contributed by atoms with Gasteiger partial charge in [-0.15, -0.1) is 0 Å². The minimum absolute atomic E-state index is 0.294. The maximum atomic E-state index is 11.7. The van der Waals surface area contributed by atoms with E-state index in [1.807, 2.05) is 30.3 Å². The van der Waals surface area contributed by atoms with Gasteiger partial charge in [-0.25, -0.2) is 4.79 Å². The van der Waals surface area contributed by atoms with Crippen LogP contribution in [0.3, 0.4) is 0 Å². The van der Waals surface area contributed by atoms with E-state index in [9.17, 15) is 4.79 Å². The van der Waals surface area contributed by atoms with Crippen LogP contribution >= 0.6 is 0 Å². The summed E-state index contributed by atoms with van der Waals surface area (Å²) in [6.07, 6.45) is 5.17. The summed E-state index contributed by atoms with van der Waals surface area (Å²) in [6.45, 7) is 0. The quantitative estimate of drug-likeness (QED) is 0.721. The molecular weight excluding hydrogens is 236 g/mol. The van der Waals surface area contributed by atoms with E-state index in [1.165, 1.54) is 18.2 Å². The molecule has 0 saturated heterocycles. The summed E-state index contributed by atoms with van der Waals surface area (Å²) in [4.78, 5) is 11.7. The Balaban J connectivity index is 2.21. The largest absolute Gasteiger partial charge is 0.465 e. The second-order valence-corrected chi connectivity index (χ2v) is 4.56. The van der Waals surface area contributed by atoms with Gasteiger partial charge in [-0.3, -0.25) is 0 Å². The lowest BCUT2D eigenvalue weighted by atomic mass is 9.94. The third-order valence-electron chi connectivity index (χ3n) is 3.42. The number of ether oxygens (including phenoxy) is 1. The zero-order chi connectivity index (χ0) is 13.2.